The average molecular weight is 278 g/mol. The minimum atomic E-state index is 0.787. The fourth-order valence-electron chi connectivity index (χ4n) is 2.25. The zero-order valence-corrected chi connectivity index (χ0v) is 12.0. The highest BCUT2D eigenvalue weighted by atomic mass is 15.3. The predicted octanol–water partition coefficient (Wildman–Crippen LogP) is 3.44. The largest absolute Gasteiger partial charge is 0.379 e. The van der Waals surface area contributed by atoms with Crippen LogP contribution in [-0.4, -0.2) is 14.8 Å². The van der Waals surface area contributed by atoms with E-state index in [1.807, 2.05) is 18.2 Å². The minimum absolute atomic E-state index is 0.787. The lowest BCUT2D eigenvalue weighted by Gasteiger charge is -2.12. The molecule has 0 aliphatic carbocycles. The Morgan fingerprint density at radius 1 is 1.00 bits per heavy atom. The first-order valence-corrected chi connectivity index (χ1v) is 7.12. The quantitative estimate of drug-likeness (QED) is 0.777. The lowest BCUT2D eigenvalue weighted by Crippen LogP contribution is -2.04. The van der Waals surface area contributed by atoms with Crippen molar-refractivity contribution < 1.29 is 0 Å². The van der Waals surface area contributed by atoms with E-state index in [2.05, 4.69) is 52.7 Å². The molecule has 106 valence electrons. The van der Waals surface area contributed by atoms with Crippen molar-refractivity contribution in [3.63, 3.8) is 0 Å². The van der Waals surface area contributed by atoms with Gasteiger partial charge in [-0.05, 0) is 29.7 Å². The van der Waals surface area contributed by atoms with Crippen molar-refractivity contribution in [2.24, 2.45) is 0 Å². The van der Waals surface area contributed by atoms with Crippen LogP contribution < -0.4 is 5.32 Å². The van der Waals surface area contributed by atoms with E-state index in [4.69, 9.17) is 0 Å². The number of aromatic nitrogens is 3. The van der Waals surface area contributed by atoms with Gasteiger partial charge in [0, 0.05) is 6.54 Å². The van der Waals surface area contributed by atoms with Crippen LogP contribution >= 0.6 is 0 Å². The lowest BCUT2D eigenvalue weighted by molar-refractivity contribution is 0.878. The van der Waals surface area contributed by atoms with E-state index in [0.29, 0.717) is 0 Å². The maximum absolute atomic E-state index is 4.19. The van der Waals surface area contributed by atoms with E-state index in [0.717, 1.165) is 24.3 Å². The third-order valence-corrected chi connectivity index (χ3v) is 3.48. The van der Waals surface area contributed by atoms with Gasteiger partial charge in [-0.2, -0.15) is 5.10 Å². The lowest BCUT2D eigenvalue weighted by atomic mass is 10.1. The molecule has 3 aromatic rings. The number of anilines is 1. The smallest absolute Gasteiger partial charge is 0.138 e. The summed E-state index contributed by atoms with van der Waals surface area (Å²) < 4.78 is 1.77. The van der Waals surface area contributed by atoms with Crippen LogP contribution in [0.3, 0.4) is 0 Å². The first kappa shape index (κ1) is 13.4. The fraction of sp³-hybridized carbons (Fsp3) is 0.176. The standard InChI is InChI=1S/C17H18N4/c1-2-14-7-9-15(10-8-14)11-19-16-5-3-4-6-17(16)21-13-18-12-20-21/h3-10,12-13,19H,2,11H2,1H3. The topological polar surface area (TPSA) is 42.7 Å². The van der Waals surface area contributed by atoms with Crippen LogP contribution in [0.5, 0.6) is 0 Å². The number of rotatable bonds is 5. The molecule has 0 aliphatic heterocycles. The Hall–Kier alpha value is -2.62. The highest BCUT2D eigenvalue weighted by molar-refractivity contribution is 5.60. The Balaban J connectivity index is 1.76. The summed E-state index contributed by atoms with van der Waals surface area (Å²) in [4.78, 5) is 4.00. The Kier molecular flexibility index (Phi) is 3.96. The van der Waals surface area contributed by atoms with Crippen LogP contribution in [-0.2, 0) is 13.0 Å². The molecule has 21 heavy (non-hydrogen) atoms. The SMILES string of the molecule is CCc1ccc(CNc2ccccc2-n2cncn2)cc1. The molecule has 4 heteroatoms. The molecule has 4 nitrogen and oxygen atoms in total. The van der Waals surface area contributed by atoms with Crippen LogP contribution in [0.25, 0.3) is 5.69 Å². The molecule has 0 saturated carbocycles. The molecule has 0 bridgehead atoms. The summed E-state index contributed by atoms with van der Waals surface area (Å²) in [5.41, 5.74) is 4.67. The molecule has 0 saturated heterocycles. The molecule has 0 unspecified atom stereocenters. The Labute approximate surface area is 124 Å². The van der Waals surface area contributed by atoms with Crippen molar-refractivity contribution in [3.8, 4) is 5.69 Å². The number of aryl methyl sites for hydroxylation is 1. The van der Waals surface area contributed by atoms with Gasteiger partial charge in [-0.25, -0.2) is 9.67 Å². The van der Waals surface area contributed by atoms with Gasteiger partial charge in [0.2, 0.25) is 0 Å². The second-order valence-electron chi connectivity index (χ2n) is 4.88. The van der Waals surface area contributed by atoms with E-state index in [-0.39, 0.29) is 0 Å². The number of hydrogen-bond acceptors (Lipinski definition) is 3. The summed E-state index contributed by atoms with van der Waals surface area (Å²) in [5, 5.41) is 7.66. The van der Waals surface area contributed by atoms with Gasteiger partial charge in [0.15, 0.2) is 0 Å². The highest BCUT2D eigenvalue weighted by Crippen LogP contribution is 2.19. The monoisotopic (exact) mass is 278 g/mol. The van der Waals surface area contributed by atoms with E-state index >= 15 is 0 Å². The highest BCUT2D eigenvalue weighted by Gasteiger charge is 2.04. The molecular formula is C17H18N4. The van der Waals surface area contributed by atoms with Crippen LogP contribution in [0.4, 0.5) is 5.69 Å². The fourth-order valence-corrected chi connectivity index (χ4v) is 2.25. The van der Waals surface area contributed by atoms with Crippen LogP contribution in [0, 0.1) is 0 Å². The third-order valence-electron chi connectivity index (χ3n) is 3.48. The van der Waals surface area contributed by atoms with E-state index in [1.165, 1.54) is 11.1 Å². The molecule has 2 aromatic carbocycles. The summed E-state index contributed by atoms with van der Waals surface area (Å²) in [6, 6.07) is 16.8. The van der Waals surface area contributed by atoms with Gasteiger partial charge in [0.05, 0.1) is 11.4 Å². The van der Waals surface area contributed by atoms with Crippen molar-refractivity contribution in [3.05, 3.63) is 72.3 Å². The van der Waals surface area contributed by atoms with E-state index in [9.17, 15) is 0 Å². The van der Waals surface area contributed by atoms with Crippen molar-refractivity contribution in [1.29, 1.82) is 0 Å². The second kappa shape index (κ2) is 6.22. The van der Waals surface area contributed by atoms with Gasteiger partial charge in [0.1, 0.15) is 12.7 Å². The van der Waals surface area contributed by atoms with Crippen LogP contribution in [0.1, 0.15) is 18.1 Å². The van der Waals surface area contributed by atoms with E-state index < -0.39 is 0 Å². The molecule has 0 fully saturated rings. The van der Waals surface area contributed by atoms with Gasteiger partial charge >= 0.3 is 0 Å². The molecule has 0 spiro atoms. The average Bonchev–Trinajstić information content (AvgIpc) is 3.08. The van der Waals surface area contributed by atoms with Crippen molar-refractivity contribution in [2.75, 3.05) is 5.32 Å². The van der Waals surface area contributed by atoms with Gasteiger partial charge < -0.3 is 5.32 Å². The molecule has 1 N–H and O–H groups in total. The molecule has 1 heterocycles. The summed E-state index contributed by atoms with van der Waals surface area (Å²) in [7, 11) is 0. The summed E-state index contributed by atoms with van der Waals surface area (Å²) in [6.45, 7) is 2.96. The summed E-state index contributed by atoms with van der Waals surface area (Å²) in [6.07, 6.45) is 4.32. The maximum atomic E-state index is 4.19. The number of nitrogens with zero attached hydrogens (tertiary/aromatic N) is 3. The van der Waals surface area contributed by atoms with Gasteiger partial charge in [-0.3, -0.25) is 0 Å². The Bertz CT molecular complexity index is 687. The molecule has 0 radical (unpaired) electrons. The zero-order chi connectivity index (χ0) is 14.5. The first-order chi connectivity index (χ1) is 10.4. The van der Waals surface area contributed by atoms with E-state index in [1.54, 1.807) is 17.3 Å². The molecule has 1 aromatic heterocycles. The maximum Gasteiger partial charge on any atom is 0.138 e. The van der Waals surface area contributed by atoms with Crippen LogP contribution in [0.15, 0.2) is 61.2 Å². The number of hydrogen-bond donors (Lipinski definition) is 1. The number of para-hydroxylation sites is 2. The van der Waals surface area contributed by atoms with Crippen molar-refractivity contribution in [1.82, 2.24) is 14.8 Å². The summed E-state index contributed by atoms with van der Waals surface area (Å²) >= 11 is 0. The Morgan fingerprint density at radius 2 is 1.76 bits per heavy atom. The van der Waals surface area contributed by atoms with Gasteiger partial charge in [-0.1, -0.05) is 43.3 Å². The molecular weight excluding hydrogens is 260 g/mol. The first-order valence-electron chi connectivity index (χ1n) is 7.12. The number of nitrogens with one attached hydrogen (secondary N) is 1. The van der Waals surface area contributed by atoms with Crippen molar-refractivity contribution >= 4 is 5.69 Å². The molecule has 0 aliphatic rings. The Morgan fingerprint density at radius 3 is 2.48 bits per heavy atom. The van der Waals surface area contributed by atoms with Gasteiger partial charge in [0.25, 0.3) is 0 Å². The summed E-state index contributed by atoms with van der Waals surface area (Å²) in [5.74, 6) is 0. The molecule has 3 rings (SSSR count). The third kappa shape index (κ3) is 3.11. The predicted molar refractivity (Wildman–Crippen MR) is 84.5 cm³/mol. The second-order valence-corrected chi connectivity index (χ2v) is 4.88. The molecule has 0 amide bonds. The van der Waals surface area contributed by atoms with Crippen molar-refractivity contribution in [2.45, 2.75) is 19.9 Å². The van der Waals surface area contributed by atoms with Crippen LogP contribution in [0.2, 0.25) is 0 Å². The number of benzene rings is 2. The normalized spacial score (nSPS) is 10.5. The molecule has 0 atom stereocenters. The minimum Gasteiger partial charge on any atom is -0.379 e. The van der Waals surface area contributed by atoms with Gasteiger partial charge in [-0.15, -0.1) is 0 Å². The zero-order valence-electron chi connectivity index (χ0n) is 12.0.